The summed E-state index contributed by atoms with van der Waals surface area (Å²) in [6.45, 7) is 2.74. The molecule has 4 nitrogen and oxygen atoms in total. The van der Waals surface area contributed by atoms with Crippen LogP contribution < -0.4 is 10.6 Å². The van der Waals surface area contributed by atoms with Crippen molar-refractivity contribution >= 4 is 17.5 Å². The third-order valence-corrected chi connectivity index (χ3v) is 4.13. The molecule has 1 aliphatic rings. The molecule has 0 spiro atoms. The largest absolute Gasteiger partial charge is 0.356 e. The molecule has 2 amide bonds. The van der Waals surface area contributed by atoms with Crippen LogP contribution in [0.1, 0.15) is 39.0 Å². The zero-order valence-electron chi connectivity index (χ0n) is 12.9. The second-order valence-electron chi connectivity index (χ2n) is 5.84. The van der Waals surface area contributed by atoms with Gasteiger partial charge in [0.15, 0.2) is 0 Å². The average molecular weight is 306 g/mol. The number of rotatable bonds is 5. The zero-order valence-corrected chi connectivity index (χ0v) is 12.9. The highest BCUT2D eigenvalue weighted by Gasteiger charge is 2.29. The smallest absolute Gasteiger partial charge is 0.227 e. The molecule has 1 saturated carbocycles. The average Bonchev–Trinajstić information content (AvgIpc) is 2.55. The first-order valence-corrected chi connectivity index (χ1v) is 7.94. The highest BCUT2D eigenvalue weighted by Crippen LogP contribution is 2.29. The lowest BCUT2D eigenvalue weighted by Gasteiger charge is -2.27. The van der Waals surface area contributed by atoms with Gasteiger partial charge in [-0.05, 0) is 56.4 Å². The Hall–Kier alpha value is -1.91. The van der Waals surface area contributed by atoms with Crippen LogP contribution in [-0.2, 0) is 9.59 Å². The summed E-state index contributed by atoms with van der Waals surface area (Å²) in [6.07, 6.45) is 3.86. The van der Waals surface area contributed by atoms with Crippen LogP contribution in [-0.4, -0.2) is 18.4 Å². The Labute approximate surface area is 130 Å². The Balaban J connectivity index is 1.79. The number of amides is 2. The van der Waals surface area contributed by atoms with Gasteiger partial charge in [-0.3, -0.25) is 9.59 Å². The number of halogens is 1. The van der Waals surface area contributed by atoms with Crippen LogP contribution in [0, 0.1) is 17.7 Å². The lowest BCUT2D eigenvalue weighted by molar-refractivity contribution is -0.128. The van der Waals surface area contributed by atoms with Gasteiger partial charge in [0.05, 0.1) is 0 Å². The van der Waals surface area contributed by atoms with Gasteiger partial charge in [0, 0.05) is 24.1 Å². The highest BCUT2D eigenvalue weighted by atomic mass is 19.1. The molecule has 2 N–H and O–H groups in total. The molecule has 0 aliphatic heterocycles. The predicted molar refractivity (Wildman–Crippen MR) is 83.8 cm³/mol. The van der Waals surface area contributed by atoms with Gasteiger partial charge in [-0.1, -0.05) is 6.92 Å². The molecule has 0 radical (unpaired) electrons. The molecule has 1 aromatic carbocycles. The molecule has 0 saturated heterocycles. The number of nitrogens with one attached hydrogen (secondary N) is 2. The van der Waals surface area contributed by atoms with E-state index in [1.807, 2.05) is 6.92 Å². The fourth-order valence-corrected chi connectivity index (χ4v) is 2.79. The first-order chi connectivity index (χ1) is 10.6. The van der Waals surface area contributed by atoms with E-state index in [4.69, 9.17) is 0 Å². The van der Waals surface area contributed by atoms with E-state index in [0.29, 0.717) is 12.2 Å². The summed E-state index contributed by atoms with van der Waals surface area (Å²) in [4.78, 5) is 24.1. The van der Waals surface area contributed by atoms with Crippen molar-refractivity contribution in [2.45, 2.75) is 39.0 Å². The molecule has 1 aromatic rings. The minimum atomic E-state index is -0.323. The molecule has 120 valence electrons. The third kappa shape index (κ3) is 4.55. The molecule has 0 unspecified atom stereocenters. The van der Waals surface area contributed by atoms with Crippen molar-refractivity contribution in [2.24, 2.45) is 11.8 Å². The van der Waals surface area contributed by atoms with E-state index >= 15 is 0 Å². The van der Waals surface area contributed by atoms with Gasteiger partial charge < -0.3 is 10.6 Å². The summed E-state index contributed by atoms with van der Waals surface area (Å²) in [5.74, 6) is -0.295. The highest BCUT2D eigenvalue weighted by molar-refractivity contribution is 5.92. The third-order valence-electron chi connectivity index (χ3n) is 4.13. The Kier molecular flexibility index (Phi) is 5.92. The van der Waals surface area contributed by atoms with Gasteiger partial charge in [0.1, 0.15) is 5.82 Å². The fourth-order valence-electron chi connectivity index (χ4n) is 2.79. The molecule has 0 atom stereocenters. The first-order valence-electron chi connectivity index (χ1n) is 7.94. The van der Waals surface area contributed by atoms with Crippen molar-refractivity contribution < 1.29 is 14.0 Å². The lowest BCUT2D eigenvalue weighted by Crippen LogP contribution is -2.35. The number of carbonyl (C=O) groups excluding carboxylic acids is 2. The van der Waals surface area contributed by atoms with Crippen molar-refractivity contribution in [1.29, 1.82) is 0 Å². The normalized spacial score (nSPS) is 21.2. The monoisotopic (exact) mass is 306 g/mol. The van der Waals surface area contributed by atoms with E-state index in [0.717, 1.165) is 32.1 Å². The Morgan fingerprint density at radius 3 is 2.14 bits per heavy atom. The van der Waals surface area contributed by atoms with E-state index in [-0.39, 0.29) is 29.5 Å². The summed E-state index contributed by atoms with van der Waals surface area (Å²) < 4.78 is 12.8. The number of carbonyl (C=O) groups is 2. The maximum absolute atomic E-state index is 12.8. The molecular formula is C17H23FN2O2. The van der Waals surface area contributed by atoms with Gasteiger partial charge >= 0.3 is 0 Å². The van der Waals surface area contributed by atoms with E-state index in [1.54, 1.807) is 12.1 Å². The van der Waals surface area contributed by atoms with Crippen LogP contribution in [0.25, 0.3) is 0 Å². The molecule has 1 fully saturated rings. The number of anilines is 1. The lowest BCUT2D eigenvalue weighted by atomic mass is 9.81. The Morgan fingerprint density at radius 1 is 1.05 bits per heavy atom. The summed E-state index contributed by atoms with van der Waals surface area (Å²) in [7, 11) is 0. The second kappa shape index (κ2) is 7.92. The standard InChI is InChI=1S/C17H23FN2O2/c1-2-11-19-16(21)12-3-5-13(6-4-12)17(22)20-15-9-7-14(18)8-10-15/h7-10,12-13H,2-6,11H2,1H3,(H,19,21)(H,20,22). The molecule has 22 heavy (non-hydrogen) atoms. The van der Waals surface area contributed by atoms with Crippen molar-refractivity contribution in [1.82, 2.24) is 5.32 Å². The van der Waals surface area contributed by atoms with Crippen LogP contribution in [0.3, 0.4) is 0 Å². The first kappa shape index (κ1) is 16.5. The van der Waals surface area contributed by atoms with Crippen molar-refractivity contribution in [3.63, 3.8) is 0 Å². The molecule has 0 heterocycles. The SMILES string of the molecule is CCCNC(=O)C1CCC(C(=O)Nc2ccc(F)cc2)CC1. The van der Waals surface area contributed by atoms with Gasteiger partial charge in [0.2, 0.25) is 11.8 Å². The predicted octanol–water partition coefficient (Wildman–Crippen LogP) is 3.10. The molecule has 5 heteroatoms. The van der Waals surface area contributed by atoms with Crippen LogP contribution in [0.15, 0.2) is 24.3 Å². The van der Waals surface area contributed by atoms with Crippen LogP contribution in [0.4, 0.5) is 10.1 Å². The Morgan fingerprint density at radius 2 is 1.59 bits per heavy atom. The van der Waals surface area contributed by atoms with Gasteiger partial charge in [0.25, 0.3) is 0 Å². The topological polar surface area (TPSA) is 58.2 Å². The summed E-state index contributed by atoms with van der Waals surface area (Å²) >= 11 is 0. The molecule has 2 rings (SSSR count). The van der Waals surface area contributed by atoms with Gasteiger partial charge in [-0.2, -0.15) is 0 Å². The summed E-state index contributed by atoms with van der Waals surface area (Å²) in [5, 5.41) is 5.73. The quantitative estimate of drug-likeness (QED) is 0.878. The summed E-state index contributed by atoms with van der Waals surface area (Å²) in [5.41, 5.74) is 0.606. The number of benzene rings is 1. The van der Waals surface area contributed by atoms with Crippen molar-refractivity contribution in [3.05, 3.63) is 30.1 Å². The zero-order chi connectivity index (χ0) is 15.9. The van der Waals surface area contributed by atoms with Crippen LogP contribution in [0.2, 0.25) is 0 Å². The number of hydrogen-bond donors (Lipinski definition) is 2. The van der Waals surface area contributed by atoms with E-state index in [1.165, 1.54) is 12.1 Å². The second-order valence-corrected chi connectivity index (χ2v) is 5.84. The summed E-state index contributed by atoms with van der Waals surface area (Å²) in [6, 6.07) is 5.75. The molecule has 1 aliphatic carbocycles. The minimum Gasteiger partial charge on any atom is -0.356 e. The molecule has 0 bridgehead atoms. The molecular weight excluding hydrogens is 283 g/mol. The van der Waals surface area contributed by atoms with Crippen molar-refractivity contribution in [2.75, 3.05) is 11.9 Å². The van der Waals surface area contributed by atoms with Gasteiger partial charge in [-0.25, -0.2) is 4.39 Å². The number of hydrogen-bond acceptors (Lipinski definition) is 2. The van der Waals surface area contributed by atoms with Crippen LogP contribution >= 0.6 is 0 Å². The molecule has 0 aromatic heterocycles. The van der Waals surface area contributed by atoms with E-state index in [9.17, 15) is 14.0 Å². The van der Waals surface area contributed by atoms with E-state index in [2.05, 4.69) is 10.6 Å². The van der Waals surface area contributed by atoms with Gasteiger partial charge in [-0.15, -0.1) is 0 Å². The maximum Gasteiger partial charge on any atom is 0.227 e. The van der Waals surface area contributed by atoms with E-state index < -0.39 is 0 Å². The maximum atomic E-state index is 12.8. The Bertz CT molecular complexity index is 508. The minimum absolute atomic E-state index is 0.0291. The fraction of sp³-hybridized carbons (Fsp3) is 0.529. The van der Waals surface area contributed by atoms with Crippen molar-refractivity contribution in [3.8, 4) is 0 Å². The van der Waals surface area contributed by atoms with Crippen LogP contribution in [0.5, 0.6) is 0 Å².